The minimum absolute atomic E-state index is 0.142. The van der Waals surface area contributed by atoms with Crippen LogP contribution in [0.2, 0.25) is 0 Å². The van der Waals surface area contributed by atoms with Crippen LogP contribution >= 0.6 is 15.9 Å². The van der Waals surface area contributed by atoms with Crippen LogP contribution < -0.4 is 4.90 Å². The van der Waals surface area contributed by atoms with Crippen LogP contribution in [0.15, 0.2) is 16.7 Å². The van der Waals surface area contributed by atoms with Crippen LogP contribution in [-0.2, 0) is 14.3 Å². The van der Waals surface area contributed by atoms with Gasteiger partial charge in [0.05, 0.1) is 13.0 Å². The van der Waals surface area contributed by atoms with Gasteiger partial charge in [-0.05, 0) is 28.1 Å². The molecular weight excluding hydrogens is 290 g/mol. The molecule has 0 saturated carbocycles. The predicted molar refractivity (Wildman–Crippen MR) is 62.2 cm³/mol. The summed E-state index contributed by atoms with van der Waals surface area (Å²) in [5.41, 5.74) is 0. The van der Waals surface area contributed by atoms with E-state index in [9.17, 15) is 9.59 Å². The van der Waals surface area contributed by atoms with Crippen LogP contribution in [-0.4, -0.2) is 35.7 Å². The highest BCUT2D eigenvalue weighted by molar-refractivity contribution is 9.10. The van der Waals surface area contributed by atoms with E-state index in [2.05, 4.69) is 30.9 Å². The van der Waals surface area contributed by atoms with Crippen molar-refractivity contribution in [1.82, 2.24) is 10.2 Å². The molecule has 1 fully saturated rings. The molecule has 0 N–H and O–H groups in total. The molecule has 1 aliphatic heterocycles. The molecule has 17 heavy (non-hydrogen) atoms. The third-order valence-electron chi connectivity index (χ3n) is 2.55. The lowest BCUT2D eigenvalue weighted by atomic mass is 10.1. The number of hydrogen-bond donors (Lipinski definition) is 0. The molecule has 7 heteroatoms. The second-order valence-electron chi connectivity index (χ2n) is 3.64. The van der Waals surface area contributed by atoms with Gasteiger partial charge in [-0.3, -0.25) is 14.5 Å². The summed E-state index contributed by atoms with van der Waals surface area (Å²) in [7, 11) is 1.31. The molecule has 0 spiro atoms. The molecule has 0 aliphatic carbocycles. The summed E-state index contributed by atoms with van der Waals surface area (Å²) in [6.07, 6.45) is 0.157. The summed E-state index contributed by atoms with van der Waals surface area (Å²) in [6.45, 7) is 0.293. The Bertz CT molecular complexity index is 449. The van der Waals surface area contributed by atoms with E-state index in [4.69, 9.17) is 0 Å². The number of amides is 1. The maximum absolute atomic E-state index is 11.7. The predicted octanol–water partition coefficient (Wildman–Crippen LogP) is 0.765. The fourth-order valence-corrected chi connectivity index (χ4v) is 1.92. The number of esters is 1. The number of carbonyl (C=O) groups is 2. The zero-order valence-electron chi connectivity index (χ0n) is 9.09. The first-order valence-corrected chi connectivity index (χ1v) is 5.78. The maximum atomic E-state index is 11.7. The van der Waals surface area contributed by atoms with Gasteiger partial charge in [-0.15, -0.1) is 10.2 Å². The highest BCUT2D eigenvalue weighted by Gasteiger charge is 2.36. The summed E-state index contributed by atoms with van der Waals surface area (Å²) < 4.78 is 5.22. The molecule has 0 bridgehead atoms. The number of methoxy groups -OCH3 is 1. The Morgan fingerprint density at radius 2 is 2.29 bits per heavy atom. The number of carbonyl (C=O) groups excluding carboxylic acids is 2. The van der Waals surface area contributed by atoms with Crippen molar-refractivity contribution in [3.63, 3.8) is 0 Å². The SMILES string of the molecule is COC(=O)C1CC(=O)N(c2ccc(Br)nn2)C1. The minimum atomic E-state index is -0.419. The van der Waals surface area contributed by atoms with Crippen molar-refractivity contribution in [1.29, 1.82) is 0 Å². The van der Waals surface area contributed by atoms with Crippen LogP contribution in [0.5, 0.6) is 0 Å². The third kappa shape index (κ3) is 2.44. The third-order valence-corrected chi connectivity index (χ3v) is 2.98. The van der Waals surface area contributed by atoms with E-state index in [1.807, 2.05) is 0 Å². The van der Waals surface area contributed by atoms with Gasteiger partial charge in [0.1, 0.15) is 4.60 Å². The maximum Gasteiger partial charge on any atom is 0.311 e. The van der Waals surface area contributed by atoms with E-state index in [1.165, 1.54) is 12.0 Å². The second kappa shape index (κ2) is 4.79. The van der Waals surface area contributed by atoms with Crippen molar-refractivity contribution in [3.05, 3.63) is 16.7 Å². The van der Waals surface area contributed by atoms with Crippen molar-refractivity contribution in [2.24, 2.45) is 5.92 Å². The Balaban J connectivity index is 2.15. The average molecular weight is 300 g/mol. The van der Waals surface area contributed by atoms with Crippen LogP contribution in [0.1, 0.15) is 6.42 Å². The molecule has 90 valence electrons. The van der Waals surface area contributed by atoms with Crippen molar-refractivity contribution < 1.29 is 14.3 Å². The van der Waals surface area contributed by atoms with E-state index in [0.717, 1.165) is 0 Å². The molecule has 6 nitrogen and oxygen atoms in total. The highest BCUT2D eigenvalue weighted by atomic mass is 79.9. The van der Waals surface area contributed by atoms with Gasteiger partial charge in [0.15, 0.2) is 5.82 Å². The Morgan fingerprint density at radius 1 is 1.53 bits per heavy atom. The van der Waals surface area contributed by atoms with Gasteiger partial charge in [0.25, 0.3) is 0 Å². The Hall–Kier alpha value is -1.50. The van der Waals surface area contributed by atoms with E-state index >= 15 is 0 Å². The lowest BCUT2D eigenvalue weighted by molar-refractivity contribution is -0.145. The van der Waals surface area contributed by atoms with Gasteiger partial charge in [-0.2, -0.15) is 0 Å². The molecule has 1 aromatic heterocycles. The first kappa shape index (κ1) is 12.0. The van der Waals surface area contributed by atoms with Crippen molar-refractivity contribution in [3.8, 4) is 0 Å². The lowest BCUT2D eigenvalue weighted by Gasteiger charge is -2.13. The van der Waals surface area contributed by atoms with Crippen molar-refractivity contribution in [2.75, 3.05) is 18.6 Å². The summed E-state index contributed by atoms with van der Waals surface area (Å²) in [6, 6.07) is 3.37. The normalized spacial score (nSPS) is 19.5. The van der Waals surface area contributed by atoms with Crippen LogP contribution in [0.3, 0.4) is 0 Å². The fraction of sp³-hybridized carbons (Fsp3) is 0.400. The average Bonchev–Trinajstić information content (AvgIpc) is 2.71. The molecule has 1 aliphatic rings. The van der Waals surface area contributed by atoms with Crippen LogP contribution in [0, 0.1) is 5.92 Å². The number of ether oxygens (including phenoxy) is 1. The quantitative estimate of drug-likeness (QED) is 0.754. The van der Waals surface area contributed by atoms with Gasteiger partial charge in [-0.25, -0.2) is 0 Å². The largest absolute Gasteiger partial charge is 0.469 e. The van der Waals surface area contributed by atoms with Gasteiger partial charge in [0.2, 0.25) is 5.91 Å². The van der Waals surface area contributed by atoms with Crippen molar-refractivity contribution >= 4 is 33.6 Å². The molecule has 1 saturated heterocycles. The number of anilines is 1. The second-order valence-corrected chi connectivity index (χ2v) is 4.46. The van der Waals surface area contributed by atoms with E-state index < -0.39 is 5.92 Å². The summed E-state index contributed by atoms with van der Waals surface area (Å²) in [5.74, 6) is -0.481. The molecular formula is C10H10BrN3O3. The molecule has 2 rings (SSSR count). The first-order valence-electron chi connectivity index (χ1n) is 4.99. The molecule has 1 atom stereocenters. The fourth-order valence-electron chi connectivity index (χ4n) is 1.71. The van der Waals surface area contributed by atoms with Gasteiger partial charge >= 0.3 is 5.97 Å². The Kier molecular flexibility index (Phi) is 3.37. The topological polar surface area (TPSA) is 72.4 Å². The molecule has 1 aromatic rings. The van der Waals surface area contributed by atoms with E-state index in [1.54, 1.807) is 12.1 Å². The van der Waals surface area contributed by atoms with Crippen LogP contribution in [0.4, 0.5) is 5.82 Å². The van der Waals surface area contributed by atoms with Crippen LogP contribution in [0.25, 0.3) is 0 Å². The molecule has 0 radical (unpaired) electrons. The van der Waals surface area contributed by atoms with Gasteiger partial charge < -0.3 is 4.74 Å². The zero-order valence-corrected chi connectivity index (χ0v) is 10.7. The minimum Gasteiger partial charge on any atom is -0.469 e. The summed E-state index contributed by atoms with van der Waals surface area (Å²) in [5, 5.41) is 7.69. The monoisotopic (exact) mass is 299 g/mol. The number of rotatable bonds is 2. The number of nitrogens with zero attached hydrogens (tertiary/aromatic N) is 3. The Morgan fingerprint density at radius 3 is 2.88 bits per heavy atom. The standard InChI is InChI=1S/C10H10BrN3O3/c1-17-10(16)6-4-9(15)14(5-6)8-3-2-7(11)12-13-8/h2-3,6H,4-5H2,1H3. The highest BCUT2D eigenvalue weighted by Crippen LogP contribution is 2.24. The van der Waals surface area contributed by atoms with Crippen molar-refractivity contribution in [2.45, 2.75) is 6.42 Å². The molecule has 0 aromatic carbocycles. The van der Waals surface area contributed by atoms with Gasteiger partial charge in [0, 0.05) is 13.0 Å². The molecule has 1 unspecified atom stereocenters. The lowest BCUT2D eigenvalue weighted by Crippen LogP contribution is -2.27. The number of hydrogen-bond acceptors (Lipinski definition) is 5. The summed E-state index contributed by atoms with van der Waals surface area (Å²) >= 11 is 3.16. The Labute approximate surface area is 106 Å². The number of halogens is 1. The van der Waals surface area contributed by atoms with Gasteiger partial charge in [-0.1, -0.05) is 0 Å². The zero-order chi connectivity index (χ0) is 12.4. The smallest absolute Gasteiger partial charge is 0.311 e. The molecule has 1 amide bonds. The number of aromatic nitrogens is 2. The first-order chi connectivity index (χ1) is 8.11. The van der Waals surface area contributed by atoms with E-state index in [0.29, 0.717) is 17.0 Å². The summed E-state index contributed by atoms with van der Waals surface area (Å²) in [4.78, 5) is 24.5. The molecule has 2 heterocycles. The van der Waals surface area contributed by atoms with E-state index in [-0.39, 0.29) is 18.3 Å².